The first-order valence-corrected chi connectivity index (χ1v) is 10.2. The predicted octanol–water partition coefficient (Wildman–Crippen LogP) is 3.56. The van der Waals surface area contributed by atoms with Crippen LogP contribution in [0.15, 0.2) is 28.8 Å². The van der Waals surface area contributed by atoms with Gasteiger partial charge in [0.05, 0.1) is 11.6 Å². The number of hydrogen-bond donors (Lipinski definition) is 2. The van der Waals surface area contributed by atoms with Crippen molar-refractivity contribution >= 4 is 44.8 Å². The van der Waals surface area contributed by atoms with Gasteiger partial charge < -0.3 is 15.2 Å². The highest BCUT2D eigenvalue weighted by atomic mass is 35.5. The molecule has 146 valence electrons. The van der Waals surface area contributed by atoms with Crippen LogP contribution in [-0.2, 0) is 10.3 Å². The molecule has 2 heterocycles. The summed E-state index contributed by atoms with van der Waals surface area (Å²) in [4.78, 5) is 29.8. The summed E-state index contributed by atoms with van der Waals surface area (Å²) in [6.45, 7) is 1.57. The first-order chi connectivity index (χ1) is 13.5. The Morgan fingerprint density at radius 3 is 2.71 bits per heavy atom. The Morgan fingerprint density at radius 2 is 2.04 bits per heavy atom. The van der Waals surface area contributed by atoms with Gasteiger partial charge in [-0.3, -0.25) is 9.59 Å². The lowest BCUT2D eigenvalue weighted by Crippen LogP contribution is -2.48. The lowest BCUT2D eigenvalue weighted by Gasteiger charge is -2.26. The van der Waals surface area contributed by atoms with Crippen LogP contribution in [0.25, 0.3) is 10.1 Å². The Morgan fingerprint density at radius 1 is 1.29 bits per heavy atom. The highest BCUT2D eigenvalue weighted by molar-refractivity contribution is 7.21. The molecule has 1 fully saturated rings. The highest BCUT2D eigenvalue weighted by Gasteiger charge is 2.41. The van der Waals surface area contributed by atoms with Crippen molar-refractivity contribution in [3.05, 3.63) is 45.9 Å². The van der Waals surface area contributed by atoms with Gasteiger partial charge in [0.2, 0.25) is 11.8 Å². The molecule has 3 aromatic rings. The van der Waals surface area contributed by atoms with E-state index in [-0.39, 0.29) is 18.4 Å². The van der Waals surface area contributed by atoms with Crippen molar-refractivity contribution in [3.8, 4) is 0 Å². The van der Waals surface area contributed by atoms with E-state index in [9.17, 15) is 9.59 Å². The van der Waals surface area contributed by atoms with E-state index in [0.29, 0.717) is 21.6 Å². The van der Waals surface area contributed by atoms with Crippen LogP contribution in [0, 0.1) is 6.92 Å². The van der Waals surface area contributed by atoms with Crippen molar-refractivity contribution in [1.29, 1.82) is 0 Å². The predicted molar refractivity (Wildman–Crippen MR) is 106 cm³/mol. The largest absolute Gasteiger partial charge is 0.342 e. The number of carbonyl (C=O) groups is 2. The molecule has 1 saturated carbocycles. The van der Waals surface area contributed by atoms with Crippen molar-refractivity contribution in [2.75, 3.05) is 6.54 Å². The zero-order valence-corrected chi connectivity index (χ0v) is 16.8. The highest BCUT2D eigenvalue weighted by Crippen LogP contribution is 2.37. The SMILES string of the molecule is Cc1nc(C2(NC(=O)CNC(=O)c3sc4ccccc4c3Cl)CCCC2)no1. The Labute approximate surface area is 170 Å². The number of carbonyl (C=O) groups excluding carboxylic acids is 2. The smallest absolute Gasteiger partial charge is 0.263 e. The van der Waals surface area contributed by atoms with E-state index < -0.39 is 5.54 Å². The second-order valence-electron chi connectivity index (χ2n) is 6.90. The Hall–Kier alpha value is -2.45. The summed E-state index contributed by atoms with van der Waals surface area (Å²) < 4.78 is 6.02. The Balaban J connectivity index is 1.43. The number of halogens is 1. The second-order valence-corrected chi connectivity index (χ2v) is 8.33. The van der Waals surface area contributed by atoms with Crippen molar-refractivity contribution in [2.24, 2.45) is 0 Å². The molecule has 1 aliphatic carbocycles. The maximum absolute atomic E-state index is 12.5. The van der Waals surface area contributed by atoms with E-state index in [4.69, 9.17) is 16.1 Å². The molecule has 4 rings (SSSR count). The van der Waals surface area contributed by atoms with E-state index in [0.717, 1.165) is 35.8 Å². The van der Waals surface area contributed by atoms with E-state index in [1.807, 2.05) is 24.3 Å². The number of amides is 2. The van der Waals surface area contributed by atoms with Gasteiger partial charge in [0.15, 0.2) is 5.82 Å². The van der Waals surface area contributed by atoms with E-state index in [1.165, 1.54) is 11.3 Å². The third-order valence-electron chi connectivity index (χ3n) is 4.94. The third-order valence-corrected chi connectivity index (χ3v) is 6.62. The van der Waals surface area contributed by atoms with Crippen LogP contribution in [0.3, 0.4) is 0 Å². The number of hydrogen-bond acceptors (Lipinski definition) is 6. The summed E-state index contributed by atoms with van der Waals surface area (Å²) in [5, 5.41) is 10.9. The van der Waals surface area contributed by atoms with Gasteiger partial charge in [0.25, 0.3) is 5.91 Å². The van der Waals surface area contributed by atoms with Crippen LogP contribution in [0.2, 0.25) is 5.02 Å². The molecular weight excluding hydrogens is 400 g/mol. The van der Waals surface area contributed by atoms with Crippen LogP contribution in [0.1, 0.15) is 47.1 Å². The quantitative estimate of drug-likeness (QED) is 0.660. The minimum Gasteiger partial charge on any atom is -0.342 e. The van der Waals surface area contributed by atoms with Crippen LogP contribution < -0.4 is 10.6 Å². The van der Waals surface area contributed by atoms with Gasteiger partial charge in [0, 0.05) is 17.0 Å². The molecule has 2 N–H and O–H groups in total. The molecule has 0 aliphatic heterocycles. The summed E-state index contributed by atoms with van der Waals surface area (Å²) >= 11 is 7.64. The first-order valence-electron chi connectivity index (χ1n) is 9.05. The molecule has 7 nitrogen and oxygen atoms in total. The molecule has 0 saturated heterocycles. The van der Waals surface area contributed by atoms with Gasteiger partial charge >= 0.3 is 0 Å². The van der Waals surface area contributed by atoms with Gasteiger partial charge in [0.1, 0.15) is 10.4 Å². The number of fused-ring (bicyclic) bond motifs is 1. The number of rotatable bonds is 5. The number of nitrogens with zero attached hydrogens (tertiary/aromatic N) is 2. The molecular formula is C19H19ClN4O3S. The fraction of sp³-hybridized carbons (Fsp3) is 0.368. The monoisotopic (exact) mass is 418 g/mol. The van der Waals surface area contributed by atoms with Crippen LogP contribution in [0.4, 0.5) is 0 Å². The van der Waals surface area contributed by atoms with Gasteiger partial charge in [-0.15, -0.1) is 11.3 Å². The summed E-state index contributed by atoms with van der Waals surface area (Å²) in [6, 6.07) is 7.54. The maximum atomic E-state index is 12.5. The van der Waals surface area contributed by atoms with Crippen molar-refractivity contribution in [1.82, 2.24) is 20.8 Å². The van der Waals surface area contributed by atoms with Gasteiger partial charge in [-0.2, -0.15) is 4.98 Å². The molecule has 1 aromatic carbocycles. The molecule has 0 bridgehead atoms. The average molecular weight is 419 g/mol. The third kappa shape index (κ3) is 3.49. The number of thiophene rings is 1. The number of benzene rings is 1. The molecule has 1 aliphatic rings. The molecule has 9 heteroatoms. The fourth-order valence-corrected chi connectivity index (χ4v) is 5.02. The summed E-state index contributed by atoms with van der Waals surface area (Å²) in [7, 11) is 0. The molecule has 0 spiro atoms. The van der Waals surface area contributed by atoms with E-state index in [2.05, 4.69) is 20.8 Å². The van der Waals surface area contributed by atoms with Crippen LogP contribution in [0.5, 0.6) is 0 Å². The summed E-state index contributed by atoms with van der Waals surface area (Å²) in [6.07, 6.45) is 3.43. The van der Waals surface area contributed by atoms with Crippen molar-refractivity contribution in [3.63, 3.8) is 0 Å². The second kappa shape index (κ2) is 7.52. The molecule has 2 amide bonds. The summed E-state index contributed by atoms with van der Waals surface area (Å²) in [5.41, 5.74) is -0.630. The number of nitrogens with one attached hydrogen (secondary N) is 2. The molecule has 0 unspecified atom stereocenters. The first kappa shape index (κ1) is 18.9. The van der Waals surface area contributed by atoms with Crippen LogP contribution in [-0.4, -0.2) is 28.5 Å². The Kier molecular flexibility index (Phi) is 5.07. The minimum absolute atomic E-state index is 0.151. The van der Waals surface area contributed by atoms with Crippen LogP contribution >= 0.6 is 22.9 Å². The van der Waals surface area contributed by atoms with Crippen molar-refractivity contribution in [2.45, 2.75) is 38.1 Å². The standard InChI is InChI=1S/C19H19ClN4O3S/c1-11-22-18(24-27-11)19(8-4-5-9-19)23-14(25)10-21-17(26)16-15(20)12-6-2-3-7-13(12)28-16/h2-3,6-7H,4-5,8-10H2,1H3,(H,21,26)(H,23,25). The van der Waals surface area contributed by atoms with Gasteiger partial charge in [-0.05, 0) is 18.9 Å². The topological polar surface area (TPSA) is 97.1 Å². The fourth-order valence-electron chi connectivity index (χ4n) is 3.59. The normalized spacial score (nSPS) is 15.6. The zero-order valence-electron chi connectivity index (χ0n) is 15.3. The van der Waals surface area contributed by atoms with Crippen molar-refractivity contribution < 1.29 is 14.1 Å². The molecule has 0 radical (unpaired) electrons. The maximum Gasteiger partial charge on any atom is 0.263 e. The molecule has 2 aromatic heterocycles. The molecule has 0 atom stereocenters. The zero-order chi connectivity index (χ0) is 19.7. The average Bonchev–Trinajstić information content (AvgIpc) is 3.40. The lowest BCUT2D eigenvalue weighted by molar-refractivity contribution is -0.122. The molecule has 28 heavy (non-hydrogen) atoms. The number of aromatic nitrogens is 2. The van der Waals surface area contributed by atoms with E-state index in [1.54, 1.807) is 6.92 Å². The van der Waals surface area contributed by atoms with Gasteiger partial charge in [-0.1, -0.05) is 47.8 Å². The van der Waals surface area contributed by atoms with E-state index >= 15 is 0 Å². The Bertz CT molecular complexity index is 1040. The lowest BCUT2D eigenvalue weighted by atomic mass is 9.96. The van der Waals surface area contributed by atoms with Gasteiger partial charge in [-0.25, -0.2) is 0 Å². The minimum atomic E-state index is -0.630. The number of aryl methyl sites for hydroxylation is 1. The summed E-state index contributed by atoms with van der Waals surface area (Å²) in [5.74, 6) is 0.296.